The van der Waals surface area contributed by atoms with E-state index in [4.69, 9.17) is 13.9 Å². The van der Waals surface area contributed by atoms with Gasteiger partial charge in [0.1, 0.15) is 34.2 Å². The van der Waals surface area contributed by atoms with Crippen molar-refractivity contribution in [3.05, 3.63) is 188 Å². The Bertz CT molecular complexity index is 2760. The van der Waals surface area contributed by atoms with E-state index in [9.17, 15) is 0 Å². The Morgan fingerprint density at radius 1 is 0.333 bits per heavy atom. The van der Waals surface area contributed by atoms with Gasteiger partial charge in [-0.25, -0.2) is 0 Å². The van der Waals surface area contributed by atoms with Crippen molar-refractivity contribution in [2.24, 2.45) is 0 Å². The van der Waals surface area contributed by atoms with E-state index in [1.807, 2.05) is 42.5 Å². The summed E-state index contributed by atoms with van der Waals surface area (Å²) in [5, 5.41) is 2.06. The van der Waals surface area contributed by atoms with Gasteiger partial charge in [-0.05, 0) is 102 Å². The van der Waals surface area contributed by atoms with E-state index in [1.54, 1.807) is 0 Å². The molecule has 0 unspecified atom stereocenters. The zero-order valence-electron chi connectivity index (χ0n) is 29.1. The molecule has 0 saturated heterocycles. The van der Waals surface area contributed by atoms with Gasteiger partial charge in [-0.1, -0.05) is 84.9 Å². The average molecular weight is 695 g/mol. The summed E-state index contributed by atoms with van der Waals surface area (Å²) in [6.07, 6.45) is 0. The maximum absolute atomic E-state index is 6.73. The highest BCUT2D eigenvalue weighted by atomic mass is 16.5. The lowest BCUT2D eigenvalue weighted by Gasteiger charge is -2.33. The van der Waals surface area contributed by atoms with Crippen LogP contribution in [-0.4, -0.2) is 6.71 Å². The van der Waals surface area contributed by atoms with Crippen molar-refractivity contribution < 1.29 is 13.9 Å². The Morgan fingerprint density at radius 3 is 1.37 bits per heavy atom. The number of para-hydroxylation sites is 4. The van der Waals surface area contributed by atoms with Gasteiger partial charge in [0, 0.05) is 62.5 Å². The number of hydrogen-bond donors (Lipinski definition) is 0. The van der Waals surface area contributed by atoms with Crippen molar-refractivity contribution in [3.63, 3.8) is 0 Å². The first kappa shape index (κ1) is 30.5. The number of anilines is 6. The Morgan fingerprint density at radius 2 is 0.815 bits per heavy atom. The predicted molar refractivity (Wildman–Crippen MR) is 221 cm³/mol. The van der Waals surface area contributed by atoms with Crippen LogP contribution in [0.2, 0.25) is 0 Å². The molecule has 2 aliphatic rings. The van der Waals surface area contributed by atoms with Crippen LogP contribution in [0.5, 0.6) is 23.0 Å². The number of benzene rings is 8. The first-order valence-electron chi connectivity index (χ1n) is 18.2. The molecule has 2 aliphatic heterocycles. The summed E-state index contributed by atoms with van der Waals surface area (Å²) in [7, 11) is 0. The fraction of sp³-hybridized carbons (Fsp3) is 0. The predicted octanol–water partition coefficient (Wildman–Crippen LogP) is 11.3. The number of hydrogen-bond acceptors (Lipinski definition) is 5. The minimum Gasteiger partial charge on any atom is -0.458 e. The van der Waals surface area contributed by atoms with Crippen molar-refractivity contribution >= 4 is 79.2 Å². The third-order valence-electron chi connectivity index (χ3n) is 10.5. The number of ether oxygens (including phenoxy) is 2. The zero-order valence-corrected chi connectivity index (χ0v) is 29.1. The van der Waals surface area contributed by atoms with E-state index < -0.39 is 0 Å². The van der Waals surface area contributed by atoms with Crippen LogP contribution in [0.15, 0.2) is 192 Å². The summed E-state index contributed by atoms with van der Waals surface area (Å²) in [4.78, 5) is 4.51. The standard InChI is InChI=1S/C48H31BN2O3/c1-5-14-32(15-6-1)50(33-16-7-2-8-17-33)36-24-26-38-39-30-47-41(31-45(39)54-44(38)28-36)49-40-27-25-37(29-46(40)52-42-22-13-23-43(53-47)48(42)49)51(34-18-9-3-10-19-34)35-20-11-4-12-21-35/h1-31H. The van der Waals surface area contributed by atoms with E-state index in [0.717, 1.165) is 95.4 Å². The van der Waals surface area contributed by atoms with Gasteiger partial charge in [0.25, 0.3) is 6.71 Å². The molecule has 0 aliphatic carbocycles. The zero-order chi connectivity index (χ0) is 35.6. The summed E-state index contributed by atoms with van der Waals surface area (Å²) in [5.41, 5.74) is 11.1. The summed E-state index contributed by atoms with van der Waals surface area (Å²) >= 11 is 0. The van der Waals surface area contributed by atoms with Crippen LogP contribution < -0.4 is 35.7 Å². The normalized spacial score (nSPS) is 12.3. The van der Waals surface area contributed by atoms with E-state index in [0.29, 0.717) is 0 Å². The molecule has 11 rings (SSSR count). The highest BCUT2D eigenvalue weighted by Gasteiger charge is 2.41. The molecule has 0 atom stereocenters. The van der Waals surface area contributed by atoms with Crippen LogP contribution >= 0.6 is 0 Å². The van der Waals surface area contributed by atoms with Gasteiger partial charge >= 0.3 is 0 Å². The minimum atomic E-state index is -0.0977. The smallest absolute Gasteiger partial charge is 0.260 e. The van der Waals surface area contributed by atoms with E-state index in [2.05, 4.69) is 155 Å². The van der Waals surface area contributed by atoms with Crippen molar-refractivity contribution in [3.8, 4) is 23.0 Å². The van der Waals surface area contributed by atoms with Gasteiger partial charge in [-0.2, -0.15) is 0 Å². The maximum atomic E-state index is 6.73. The molecule has 254 valence electrons. The number of fused-ring (bicyclic) bond motifs is 7. The van der Waals surface area contributed by atoms with Gasteiger partial charge < -0.3 is 23.7 Å². The van der Waals surface area contributed by atoms with Gasteiger partial charge in [-0.3, -0.25) is 0 Å². The molecule has 54 heavy (non-hydrogen) atoms. The Balaban J connectivity index is 1.04. The maximum Gasteiger partial charge on any atom is 0.260 e. The van der Waals surface area contributed by atoms with Crippen LogP contribution in [0, 0.1) is 0 Å². The van der Waals surface area contributed by atoms with Gasteiger partial charge in [-0.15, -0.1) is 0 Å². The van der Waals surface area contributed by atoms with Gasteiger partial charge in [0.15, 0.2) is 0 Å². The van der Waals surface area contributed by atoms with Crippen LogP contribution in [0.25, 0.3) is 21.9 Å². The van der Waals surface area contributed by atoms with E-state index >= 15 is 0 Å². The lowest BCUT2D eigenvalue weighted by atomic mass is 9.35. The van der Waals surface area contributed by atoms with E-state index in [1.165, 1.54) is 0 Å². The molecule has 0 N–H and O–H groups in total. The van der Waals surface area contributed by atoms with Crippen LogP contribution in [0.3, 0.4) is 0 Å². The minimum absolute atomic E-state index is 0.0977. The summed E-state index contributed by atoms with van der Waals surface area (Å²) in [5.74, 6) is 3.26. The number of nitrogens with zero attached hydrogens (tertiary/aromatic N) is 2. The first-order chi connectivity index (χ1) is 26.8. The molecule has 9 aromatic rings. The molecule has 8 aromatic carbocycles. The topological polar surface area (TPSA) is 38.1 Å². The molecule has 5 nitrogen and oxygen atoms in total. The molecular formula is C48H31BN2O3. The van der Waals surface area contributed by atoms with Crippen molar-refractivity contribution in [1.82, 2.24) is 0 Å². The molecule has 0 amide bonds. The molecule has 1 aromatic heterocycles. The molecule has 0 saturated carbocycles. The van der Waals surface area contributed by atoms with Crippen LogP contribution in [0.1, 0.15) is 0 Å². The first-order valence-corrected chi connectivity index (χ1v) is 18.2. The highest BCUT2D eigenvalue weighted by Crippen LogP contribution is 2.42. The largest absolute Gasteiger partial charge is 0.458 e. The third kappa shape index (κ3) is 4.88. The van der Waals surface area contributed by atoms with Crippen molar-refractivity contribution in [1.29, 1.82) is 0 Å². The molecule has 0 spiro atoms. The average Bonchev–Trinajstić information content (AvgIpc) is 3.58. The summed E-state index contributed by atoms with van der Waals surface area (Å²) in [6, 6.07) is 65.2. The van der Waals surface area contributed by atoms with E-state index in [-0.39, 0.29) is 6.71 Å². The monoisotopic (exact) mass is 694 g/mol. The van der Waals surface area contributed by atoms with Crippen molar-refractivity contribution in [2.45, 2.75) is 0 Å². The number of rotatable bonds is 6. The molecule has 3 heterocycles. The fourth-order valence-corrected chi connectivity index (χ4v) is 8.15. The molecule has 0 bridgehead atoms. The lowest BCUT2D eigenvalue weighted by molar-refractivity contribution is 0.465. The second-order valence-corrected chi connectivity index (χ2v) is 13.7. The third-order valence-corrected chi connectivity index (χ3v) is 10.5. The van der Waals surface area contributed by atoms with Gasteiger partial charge in [0.05, 0.1) is 0 Å². The molecular weight excluding hydrogens is 663 g/mol. The molecule has 0 radical (unpaired) electrons. The molecule has 0 fully saturated rings. The van der Waals surface area contributed by atoms with Gasteiger partial charge in [0.2, 0.25) is 0 Å². The Hall–Kier alpha value is -7.18. The number of furan rings is 1. The second kappa shape index (κ2) is 12.2. The molecule has 6 heteroatoms. The SMILES string of the molecule is c1ccc(N(c2ccccc2)c2ccc3c(c2)Oc2cccc4c2B3c2cc3oc5cc(N(c6ccccc6)c6ccccc6)ccc5c3cc2O4)cc1. The fourth-order valence-electron chi connectivity index (χ4n) is 8.15. The summed E-state index contributed by atoms with van der Waals surface area (Å²) in [6.45, 7) is -0.0977. The Labute approximate surface area is 312 Å². The summed E-state index contributed by atoms with van der Waals surface area (Å²) < 4.78 is 20.1. The second-order valence-electron chi connectivity index (χ2n) is 13.7. The lowest BCUT2D eigenvalue weighted by Crippen LogP contribution is -2.57. The quantitative estimate of drug-likeness (QED) is 0.162. The van der Waals surface area contributed by atoms with Crippen LogP contribution in [0.4, 0.5) is 34.1 Å². The van der Waals surface area contributed by atoms with Crippen LogP contribution in [-0.2, 0) is 0 Å². The highest BCUT2D eigenvalue weighted by molar-refractivity contribution is 6.98. The van der Waals surface area contributed by atoms with Crippen molar-refractivity contribution in [2.75, 3.05) is 9.80 Å². The Kier molecular flexibility index (Phi) is 6.89.